The van der Waals surface area contributed by atoms with Crippen LogP contribution in [0.1, 0.15) is 27.6 Å². The van der Waals surface area contributed by atoms with E-state index in [9.17, 15) is 18.0 Å². The van der Waals surface area contributed by atoms with Gasteiger partial charge in [0.2, 0.25) is 0 Å². The number of halogens is 3. The Balaban J connectivity index is 1.76. The Morgan fingerprint density at radius 1 is 1.15 bits per heavy atom. The van der Waals surface area contributed by atoms with Crippen LogP contribution < -0.4 is 0 Å². The molecule has 1 fully saturated rings. The summed E-state index contributed by atoms with van der Waals surface area (Å²) in [5.74, 6) is -0.0878. The molecule has 0 bridgehead atoms. The number of thioether (sulfide) groups is 1. The van der Waals surface area contributed by atoms with Crippen molar-refractivity contribution < 1.29 is 22.7 Å². The Morgan fingerprint density at radius 3 is 2.50 bits per heavy atom. The number of morpholine rings is 1. The summed E-state index contributed by atoms with van der Waals surface area (Å²) in [5, 5.41) is 0. The minimum absolute atomic E-state index is 0.0878. The summed E-state index contributed by atoms with van der Waals surface area (Å²) < 4.78 is 43.8. The van der Waals surface area contributed by atoms with Gasteiger partial charge in [-0.15, -0.1) is 11.8 Å². The van der Waals surface area contributed by atoms with Crippen molar-refractivity contribution in [3.8, 4) is 0 Å². The average molecular weight is 381 g/mol. The molecule has 26 heavy (non-hydrogen) atoms. The smallest absolute Gasteiger partial charge is 0.370 e. The number of benzene rings is 2. The first kappa shape index (κ1) is 18.8. The van der Waals surface area contributed by atoms with Gasteiger partial charge in [-0.05, 0) is 36.1 Å². The fourth-order valence-corrected chi connectivity index (χ4v) is 3.50. The third kappa shape index (κ3) is 4.04. The van der Waals surface area contributed by atoms with Gasteiger partial charge in [0.05, 0.1) is 24.3 Å². The van der Waals surface area contributed by atoms with Crippen molar-refractivity contribution in [1.82, 2.24) is 4.90 Å². The van der Waals surface area contributed by atoms with E-state index in [1.165, 1.54) is 23.9 Å². The lowest BCUT2D eigenvalue weighted by Gasteiger charge is -2.33. The van der Waals surface area contributed by atoms with Gasteiger partial charge in [0, 0.05) is 11.4 Å². The Bertz CT molecular complexity index is 777. The van der Waals surface area contributed by atoms with Gasteiger partial charge in [-0.1, -0.05) is 24.3 Å². The lowest BCUT2D eigenvalue weighted by atomic mass is 10.0. The van der Waals surface area contributed by atoms with Gasteiger partial charge in [-0.25, -0.2) is 0 Å². The molecule has 1 aliphatic rings. The Hall–Kier alpha value is -1.99. The number of ether oxygens (including phenoxy) is 1. The summed E-state index contributed by atoms with van der Waals surface area (Å²) in [6.07, 6.45) is -2.89. The summed E-state index contributed by atoms with van der Waals surface area (Å²) in [7, 11) is 0. The molecule has 0 N–H and O–H groups in total. The molecule has 2 aromatic rings. The van der Waals surface area contributed by atoms with Crippen molar-refractivity contribution in [2.45, 2.75) is 17.2 Å². The standard InChI is InChI=1S/C19H18F3NO2S/c1-26-17-5-3-2-4-15(17)18(24)23-10-11-25-16(12-23)13-6-8-14(9-7-13)19(20,21)22/h2-9,16H,10-12H2,1H3/t16-/m0/s1. The van der Waals surface area contributed by atoms with Crippen LogP contribution >= 0.6 is 11.8 Å². The Labute approximate surface area is 154 Å². The highest BCUT2D eigenvalue weighted by Crippen LogP contribution is 2.31. The van der Waals surface area contributed by atoms with Crippen LogP contribution in [0.15, 0.2) is 53.4 Å². The number of alkyl halides is 3. The van der Waals surface area contributed by atoms with E-state index in [-0.39, 0.29) is 5.91 Å². The number of hydrogen-bond acceptors (Lipinski definition) is 3. The van der Waals surface area contributed by atoms with Crippen LogP contribution in [0.4, 0.5) is 13.2 Å². The van der Waals surface area contributed by atoms with E-state index in [4.69, 9.17) is 4.74 Å². The first-order valence-corrected chi connectivity index (χ1v) is 9.33. The molecule has 0 unspecified atom stereocenters. The fraction of sp³-hybridized carbons (Fsp3) is 0.316. The number of hydrogen-bond donors (Lipinski definition) is 0. The Morgan fingerprint density at radius 2 is 1.85 bits per heavy atom. The highest BCUT2D eigenvalue weighted by atomic mass is 32.2. The van der Waals surface area contributed by atoms with E-state index in [2.05, 4.69) is 0 Å². The molecule has 0 aliphatic carbocycles. The summed E-state index contributed by atoms with van der Waals surface area (Å²) in [6.45, 7) is 1.12. The molecule has 3 rings (SSSR count). The SMILES string of the molecule is CSc1ccccc1C(=O)N1CCO[C@H](c2ccc(C(F)(F)F)cc2)C1. The lowest BCUT2D eigenvalue weighted by molar-refractivity contribution is -0.137. The molecule has 0 radical (unpaired) electrons. The summed E-state index contributed by atoms with van der Waals surface area (Å²) >= 11 is 1.50. The second kappa shape index (κ2) is 7.72. The van der Waals surface area contributed by atoms with Crippen molar-refractivity contribution in [3.05, 3.63) is 65.2 Å². The van der Waals surface area contributed by atoms with E-state index in [1.54, 1.807) is 11.0 Å². The van der Waals surface area contributed by atoms with Crippen LogP contribution in [0.2, 0.25) is 0 Å². The molecule has 1 amide bonds. The predicted molar refractivity (Wildman–Crippen MR) is 94.3 cm³/mol. The maximum absolute atomic E-state index is 12.9. The molecule has 2 aromatic carbocycles. The van der Waals surface area contributed by atoms with Crippen LogP contribution in [0.25, 0.3) is 0 Å². The topological polar surface area (TPSA) is 29.5 Å². The third-order valence-corrected chi connectivity index (χ3v) is 5.10. The van der Waals surface area contributed by atoms with Crippen molar-refractivity contribution in [1.29, 1.82) is 0 Å². The first-order valence-electron chi connectivity index (χ1n) is 8.11. The van der Waals surface area contributed by atoms with Crippen LogP contribution in [0.5, 0.6) is 0 Å². The average Bonchev–Trinajstić information content (AvgIpc) is 2.67. The van der Waals surface area contributed by atoms with Gasteiger partial charge < -0.3 is 9.64 Å². The lowest BCUT2D eigenvalue weighted by Crippen LogP contribution is -2.42. The minimum Gasteiger partial charge on any atom is -0.370 e. The van der Waals surface area contributed by atoms with Crippen LogP contribution in [-0.4, -0.2) is 36.8 Å². The predicted octanol–water partition coefficient (Wildman–Crippen LogP) is 4.64. The van der Waals surface area contributed by atoms with Gasteiger partial charge in [-0.3, -0.25) is 4.79 Å². The van der Waals surface area contributed by atoms with Crippen LogP contribution in [0.3, 0.4) is 0 Å². The number of rotatable bonds is 3. The normalized spacial score (nSPS) is 18.0. The number of nitrogens with zero attached hydrogens (tertiary/aromatic N) is 1. The first-order chi connectivity index (χ1) is 12.4. The van der Waals surface area contributed by atoms with E-state index >= 15 is 0 Å². The highest BCUT2D eigenvalue weighted by Gasteiger charge is 2.31. The van der Waals surface area contributed by atoms with Gasteiger partial charge in [0.25, 0.3) is 5.91 Å². The quantitative estimate of drug-likeness (QED) is 0.726. The number of carbonyl (C=O) groups excluding carboxylic acids is 1. The number of amides is 1. The minimum atomic E-state index is -4.37. The molecule has 1 saturated heterocycles. The monoisotopic (exact) mass is 381 g/mol. The van der Waals surface area contributed by atoms with Crippen LogP contribution in [0, 0.1) is 0 Å². The van der Waals surface area contributed by atoms with Crippen molar-refractivity contribution >= 4 is 17.7 Å². The molecule has 0 spiro atoms. The maximum atomic E-state index is 12.9. The van der Waals surface area contributed by atoms with Gasteiger partial charge in [-0.2, -0.15) is 13.2 Å². The molecule has 1 aliphatic heterocycles. The molecule has 3 nitrogen and oxygen atoms in total. The molecular formula is C19H18F3NO2S. The zero-order valence-electron chi connectivity index (χ0n) is 14.1. The maximum Gasteiger partial charge on any atom is 0.416 e. The zero-order valence-corrected chi connectivity index (χ0v) is 14.9. The second-order valence-electron chi connectivity index (χ2n) is 5.93. The molecular weight excluding hydrogens is 363 g/mol. The van der Waals surface area contributed by atoms with E-state index in [0.29, 0.717) is 30.8 Å². The summed E-state index contributed by atoms with van der Waals surface area (Å²) in [6, 6.07) is 12.3. The molecule has 1 heterocycles. The fourth-order valence-electron chi connectivity index (χ4n) is 2.91. The van der Waals surface area contributed by atoms with Crippen LogP contribution in [-0.2, 0) is 10.9 Å². The van der Waals surface area contributed by atoms with E-state index < -0.39 is 17.8 Å². The second-order valence-corrected chi connectivity index (χ2v) is 6.78. The number of carbonyl (C=O) groups is 1. The van der Waals surface area contributed by atoms with Crippen molar-refractivity contribution in [2.24, 2.45) is 0 Å². The van der Waals surface area contributed by atoms with Crippen molar-refractivity contribution in [2.75, 3.05) is 26.0 Å². The van der Waals surface area contributed by atoms with Crippen molar-refractivity contribution in [3.63, 3.8) is 0 Å². The molecule has 0 aromatic heterocycles. The third-order valence-electron chi connectivity index (χ3n) is 4.30. The zero-order chi connectivity index (χ0) is 18.7. The van der Waals surface area contributed by atoms with Gasteiger partial charge in [0.1, 0.15) is 6.10 Å². The summed E-state index contributed by atoms with van der Waals surface area (Å²) in [4.78, 5) is 15.4. The largest absolute Gasteiger partial charge is 0.416 e. The Kier molecular flexibility index (Phi) is 5.58. The molecule has 0 saturated carbocycles. The highest BCUT2D eigenvalue weighted by molar-refractivity contribution is 7.98. The molecule has 138 valence electrons. The molecule has 1 atom stereocenters. The molecule has 7 heteroatoms. The van der Waals surface area contributed by atoms with Gasteiger partial charge >= 0.3 is 6.18 Å². The van der Waals surface area contributed by atoms with Gasteiger partial charge in [0.15, 0.2) is 0 Å². The van der Waals surface area contributed by atoms with E-state index in [1.807, 2.05) is 24.5 Å². The van der Waals surface area contributed by atoms with E-state index in [0.717, 1.165) is 17.0 Å². The summed E-state index contributed by atoms with van der Waals surface area (Å²) in [5.41, 5.74) is 0.570.